The molecule has 6 heteroatoms. The summed E-state index contributed by atoms with van der Waals surface area (Å²) in [4.78, 5) is 11.7. The Morgan fingerprint density at radius 3 is 2.73 bits per heavy atom. The Morgan fingerprint density at radius 2 is 2.33 bits per heavy atom. The molecule has 1 aliphatic heterocycles. The predicted octanol–water partition coefficient (Wildman–Crippen LogP) is -0.134. The molecule has 0 aromatic carbocycles. The molecule has 0 atom stereocenters. The van der Waals surface area contributed by atoms with Crippen molar-refractivity contribution in [1.82, 2.24) is 9.78 Å². The maximum Gasteiger partial charge on any atom is 0.359 e. The van der Waals surface area contributed by atoms with Gasteiger partial charge in [0.05, 0.1) is 24.6 Å². The number of aryl methyl sites for hydroxylation is 2. The van der Waals surface area contributed by atoms with Crippen LogP contribution in [0.4, 0.5) is 5.69 Å². The third kappa shape index (κ3) is 1.68. The number of nitrogens with zero attached hydrogens (tertiary/aromatic N) is 2. The molecule has 0 saturated carbocycles. The van der Waals surface area contributed by atoms with Crippen LogP contribution in [0.3, 0.4) is 0 Å². The Labute approximate surface area is 87.0 Å². The van der Waals surface area contributed by atoms with Crippen LogP contribution in [0.5, 0.6) is 0 Å². The molecule has 2 rings (SSSR count). The molecule has 2 N–H and O–H groups in total. The summed E-state index contributed by atoms with van der Waals surface area (Å²) >= 11 is 0. The molecule has 6 nitrogen and oxygen atoms in total. The molecule has 2 heterocycles. The molecule has 1 aromatic rings. The zero-order valence-corrected chi connectivity index (χ0v) is 8.69. The Balaban J connectivity index is 2.16. The first-order chi connectivity index (χ1) is 7.09. The van der Waals surface area contributed by atoms with Crippen LogP contribution in [0.2, 0.25) is 0 Å². The number of ether oxygens (including phenoxy) is 2. The predicted molar refractivity (Wildman–Crippen MR) is 52.4 cm³/mol. The van der Waals surface area contributed by atoms with Crippen molar-refractivity contribution >= 4 is 11.7 Å². The van der Waals surface area contributed by atoms with Gasteiger partial charge in [0, 0.05) is 7.05 Å². The second-order valence-electron chi connectivity index (χ2n) is 3.54. The summed E-state index contributed by atoms with van der Waals surface area (Å²) < 4.78 is 11.5. The van der Waals surface area contributed by atoms with E-state index in [1.165, 1.54) is 4.68 Å². The van der Waals surface area contributed by atoms with E-state index in [0.29, 0.717) is 30.3 Å². The summed E-state index contributed by atoms with van der Waals surface area (Å²) in [7, 11) is 1.66. The number of aromatic nitrogens is 2. The van der Waals surface area contributed by atoms with Crippen LogP contribution >= 0.6 is 0 Å². The first-order valence-corrected chi connectivity index (χ1v) is 4.67. The Bertz CT molecular complexity index is 396. The fourth-order valence-corrected chi connectivity index (χ4v) is 1.41. The van der Waals surface area contributed by atoms with Gasteiger partial charge in [-0.1, -0.05) is 0 Å². The van der Waals surface area contributed by atoms with Gasteiger partial charge in [-0.3, -0.25) is 4.68 Å². The van der Waals surface area contributed by atoms with Crippen molar-refractivity contribution in [2.75, 3.05) is 18.9 Å². The normalized spacial score (nSPS) is 16.1. The van der Waals surface area contributed by atoms with Crippen molar-refractivity contribution in [2.24, 2.45) is 7.05 Å². The van der Waals surface area contributed by atoms with Gasteiger partial charge in [-0.05, 0) is 6.92 Å². The van der Waals surface area contributed by atoms with Gasteiger partial charge in [0.25, 0.3) is 0 Å². The SMILES string of the molecule is Cc1nn(C)c(C(=O)OC2COC2)c1N. The number of carbonyl (C=O) groups excluding carboxylic acids is 1. The first-order valence-electron chi connectivity index (χ1n) is 4.67. The highest BCUT2D eigenvalue weighted by Crippen LogP contribution is 2.18. The highest BCUT2D eigenvalue weighted by atomic mass is 16.6. The lowest BCUT2D eigenvalue weighted by molar-refractivity contribution is -0.103. The Morgan fingerprint density at radius 1 is 1.67 bits per heavy atom. The van der Waals surface area contributed by atoms with Gasteiger partial charge >= 0.3 is 5.97 Å². The lowest BCUT2D eigenvalue weighted by Gasteiger charge is -2.25. The van der Waals surface area contributed by atoms with E-state index in [2.05, 4.69) is 5.10 Å². The maximum absolute atomic E-state index is 11.7. The van der Waals surface area contributed by atoms with Crippen LogP contribution in [-0.2, 0) is 16.5 Å². The molecule has 1 fully saturated rings. The molecule has 15 heavy (non-hydrogen) atoms. The van der Waals surface area contributed by atoms with Gasteiger partial charge in [-0.25, -0.2) is 4.79 Å². The monoisotopic (exact) mass is 211 g/mol. The zero-order chi connectivity index (χ0) is 11.0. The van der Waals surface area contributed by atoms with Crippen molar-refractivity contribution in [1.29, 1.82) is 0 Å². The van der Waals surface area contributed by atoms with E-state index in [0.717, 1.165) is 0 Å². The summed E-state index contributed by atoms with van der Waals surface area (Å²) in [6.07, 6.45) is -0.146. The van der Waals surface area contributed by atoms with Crippen LogP contribution in [0.25, 0.3) is 0 Å². The third-order valence-electron chi connectivity index (χ3n) is 2.34. The molecule has 1 aromatic heterocycles. The zero-order valence-electron chi connectivity index (χ0n) is 8.69. The van der Waals surface area contributed by atoms with Crippen molar-refractivity contribution in [3.05, 3.63) is 11.4 Å². The molecule has 0 spiro atoms. The molecule has 1 saturated heterocycles. The number of carbonyl (C=O) groups is 1. The number of hydrogen-bond donors (Lipinski definition) is 1. The molecule has 0 unspecified atom stereocenters. The van der Waals surface area contributed by atoms with Gasteiger partial charge < -0.3 is 15.2 Å². The second-order valence-corrected chi connectivity index (χ2v) is 3.54. The molecule has 0 radical (unpaired) electrons. The van der Waals surface area contributed by atoms with Gasteiger partial charge in [0.2, 0.25) is 0 Å². The van der Waals surface area contributed by atoms with E-state index >= 15 is 0 Å². The quantitative estimate of drug-likeness (QED) is 0.689. The van der Waals surface area contributed by atoms with E-state index in [9.17, 15) is 4.79 Å². The Kier molecular flexibility index (Phi) is 2.36. The summed E-state index contributed by atoms with van der Waals surface area (Å²) in [5.41, 5.74) is 7.04. The van der Waals surface area contributed by atoms with E-state index in [1.54, 1.807) is 14.0 Å². The first kappa shape index (κ1) is 9.97. The van der Waals surface area contributed by atoms with E-state index in [4.69, 9.17) is 15.2 Å². The van der Waals surface area contributed by atoms with Gasteiger partial charge in [-0.15, -0.1) is 0 Å². The fourth-order valence-electron chi connectivity index (χ4n) is 1.41. The number of nitrogens with two attached hydrogens (primary N) is 1. The smallest absolute Gasteiger partial charge is 0.359 e. The van der Waals surface area contributed by atoms with Crippen molar-refractivity contribution in [3.8, 4) is 0 Å². The van der Waals surface area contributed by atoms with Gasteiger partial charge in [0.1, 0.15) is 6.10 Å². The fraction of sp³-hybridized carbons (Fsp3) is 0.556. The number of hydrogen-bond acceptors (Lipinski definition) is 5. The summed E-state index contributed by atoms with van der Waals surface area (Å²) in [6.45, 7) is 2.67. The largest absolute Gasteiger partial charge is 0.453 e. The number of nitrogen functional groups attached to an aromatic ring is 1. The highest BCUT2D eigenvalue weighted by Gasteiger charge is 2.27. The van der Waals surface area contributed by atoms with Gasteiger partial charge in [-0.2, -0.15) is 5.10 Å². The molecule has 1 aliphatic rings. The van der Waals surface area contributed by atoms with Gasteiger partial charge in [0.15, 0.2) is 5.69 Å². The molecule has 0 amide bonds. The van der Waals surface area contributed by atoms with E-state index in [-0.39, 0.29) is 6.10 Å². The van der Waals surface area contributed by atoms with Crippen molar-refractivity contribution in [3.63, 3.8) is 0 Å². The minimum atomic E-state index is -0.441. The standard InChI is InChI=1S/C9H13N3O3/c1-5-7(10)8(12(2)11-5)9(13)15-6-3-14-4-6/h6H,3-4,10H2,1-2H3. The van der Waals surface area contributed by atoms with E-state index in [1.807, 2.05) is 0 Å². The Hall–Kier alpha value is -1.56. The summed E-state index contributed by atoms with van der Waals surface area (Å²) in [6, 6.07) is 0. The van der Waals surface area contributed by atoms with Crippen LogP contribution in [0.15, 0.2) is 0 Å². The maximum atomic E-state index is 11.7. The summed E-state index contributed by atoms with van der Waals surface area (Å²) in [5, 5.41) is 4.04. The topological polar surface area (TPSA) is 79.4 Å². The lowest BCUT2D eigenvalue weighted by Crippen LogP contribution is -2.38. The molecular formula is C9H13N3O3. The third-order valence-corrected chi connectivity index (χ3v) is 2.34. The average molecular weight is 211 g/mol. The van der Waals surface area contributed by atoms with Crippen LogP contribution < -0.4 is 5.73 Å². The minimum Gasteiger partial charge on any atom is -0.453 e. The molecule has 82 valence electrons. The number of esters is 1. The van der Waals surface area contributed by atoms with E-state index < -0.39 is 5.97 Å². The number of anilines is 1. The molecule has 0 aliphatic carbocycles. The molecule has 0 bridgehead atoms. The van der Waals surface area contributed by atoms with Crippen LogP contribution in [0, 0.1) is 6.92 Å². The van der Waals surface area contributed by atoms with Crippen LogP contribution in [-0.4, -0.2) is 35.1 Å². The molecular weight excluding hydrogens is 198 g/mol. The highest BCUT2D eigenvalue weighted by molar-refractivity contribution is 5.93. The lowest BCUT2D eigenvalue weighted by atomic mass is 10.3. The average Bonchev–Trinajstić information content (AvgIpc) is 2.34. The van der Waals surface area contributed by atoms with Crippen molar-refractivity contribution < 1.29 is 14.3 Å². The van der Waals surface area contributed by atoms with Crippen molar-refractivity contribution in [2.45, 2.75) is 13.0 Å². The summed E-state index contributed by atoms with van der Waals surface area (Å²) in [5.74, 6) is -0.441. The minimum absolute atomic E-state index is 0.146. The second kappa shape index (κ2) is 3.54. The number of rotatable bonds is 2. The van der Waals surface area contributed by atoms with Crippen LogP contribution in [0.1, 0.15) is 16.2 Å².